The Morgan fingerprint density at radius 2 is 2.13 bits per heavy atom. The number of hydrogen-bond donors (Lipinski definition) is 2. The lowest BCUT2D eigenvalue weighted by Crippen LogP contribution is -2.37. The minimum Gasteiger partial charge on any atom is -0.495 e. The van der Waals surface area contributed by atoms with Gasteiger partial charge in [-0.05, 0) is 43.2 Å². The number of hydrogen-bond acceptors (Lipinski definition) is 3. The van der Waals surface area contributed by atoms with Gasteiger partial charge in [0.1, 0.15) is 5.75 Å². The highest BCUT2D eigenvalue weighted by Crippen LogP contribution is 2.32. The van der Waals surface area contributed by atoms with E-state index in [4.69, 9.17) is 10.5 Å². The van der Waals surface area contributed by atoms with Crippen LogP contribution in [0, 0.1) is 11.8 Å². The van der Waals surface area contributed by atoms with Crippen LogP contribution >= 0.6 is 0 Å². The molecule has 1 unspecified atom stereocenters. The van der Waals surface area contributed by atoms with E-state index >= 15 is 0 Å². The van der Waals surface area contributed by atoms with Crippen molar-refractivity contribution in [3.05, 3.63) is 24.3 Å². The van der Waals surface area contributed by atoms with Crippen molar-refractivity contribution in [2.45, 2.75) is 25.7 Å². The van der Waals surface area contributed by atoms with Crippen molar-refractivity contribution in [1.82, 2.24) is 5.32 Å². The number of para-hydroxylation sites is 2. The first-order valence-corrected chi connectivity index (χ1v) is 8.68. The van der Waals surface area contributed by atoms with Crippen LogP contribution in [0.1, 0.15) is 25.7 Å². The van der Waals surface area contributed by atoms with E-state index in [1.54, 1.807) is 7.11 Å². The highest BCUT2D eigenvalue weighted by molar-refractivity contribution is 5.77. The molecule has 0 radical (unpaired) electrons. The van der Waals surface area contributed by atoms with Gasteiger partial charge in [-0.25, -0.2) is 0 Å². The van der Waals surface area contributed by atoms with Crippen molar-refractivity contribution < 1.29 is 4.74 Å². The summed E-state index contributed by atoms with van der Waals surface area (Å²) < 4.78 is 5.46. The number of nitrogens with zero attached hydrogens (tertiary/aromatic N) is 2. The monoisotopic (exact) mass is 316 g/mol. The number of nitrogens with two attached hydrogens (primary N) is 1. The van der Waals surface area contributed by atoms with Gasteiger partial charge in [0.25, 0.3) is 0 Å². The number of benzene rings is 1. The van der Waals surface area contributed by atoms with E-state index in [0.29, 0.717) is 11.9 Å². The Kier molecular flexibility index (Phi) is 5.26. The Morgan fingerprint density at radius 1 is 1.30 bits per heavy atom. The van der Waals surface area contributed by atoms with Crippen molar-refractivity contribution in [3.8, 4) is 5.75 Å². The second-order valence-electron chi connectivity index (χ2n) is 6.68. The summed E-state index contributed by atoms with van der Waals surface area (Å²) in [5.41, 5.74) is 7.15. The van der Waals surface area contributed by atoms with E-state index in [1.807, 2.05) is 12.1 Å². The largest absolute Gasteiger partial charge is 0.495 e. The van der Waals surface area contributed by atoms with Crippen molar-refractivity contribution in [3.63, 3.8) is 0 Å². The third kappa shape index (κ3) is 4.09. The Balaban J connectivity index is 1.47. The van der Waals surface area contributed by atoms with Gasteiger partial charge in [-0.1, -0.05) is 18.6 Å². The molecule has 1 aromatic rings. The number of guanidine groups is 1. The summed E-state index contributed by atoms with van der Waals surface area (Å²) >= 11 is 0. The highest BCUT2D eigenvalue weighted by atomic mass is 16.5. The summed E-state index contributed by atoms with van der Waals surface area (Å²) in [4.78, 5) is 6.92. The van der Waals surface area contributed by atoms with E-state index in [1.165, 1.54) is 24.9 Å². The average Bonchev–Trinajstić information content (AvgIpc) is 3.00. The van der Waals surface area contributed by atoms with Gasteiger partial charge in [-0.15, -0.1) is 0 Å². The Bertz CT molecular complexity index is 542. The molecule has 1 aliphatic carbocycles. The molecule has 5 nitrogen and oxygen atoms in total. The zero-order chi connectivity index (χ0) is 16.1. The lowest BCUT2D eigenvalue weighted by molar-refractivity contribution is 0.315. The fraction of sp³-hybridized carbons (Fsp3) is 0.611. The fourth-order valence-corrected chi connectivity index (χ4v) is 3.32. The minimum atomic E-state index is 0.559. The number of methoxy groups -OCH3 is 1. The number of ether oxygens (including phenoxy) is 1. The molecule has 0 amide bonds. The van der Waals surface area contributed by atoms with E-state index in [0.717, 1.165) is 44.3 Å². The van der Waals surface area contributed by atoms with Gasteiger partial charge in [0.15, 0.2) is 5.96 Å². The molecule has 23 heavy (non-hydrogen) atoms. The SMILES string of the molecule is COc1ccccc1N1CCC(CN=C(N)NCC2CCC2)C1. The summed E-state index contributed by atoms with van der Waals surface area (Å²) in [5, 5.41) is 3.26. The molecule has 0 spiro atoms. The quantitative estimate of drug-likeness (QED) is 0.624. The number of anilines is 1. The number of rotatable bonds is 6. The van der Waals surface area contributed by atoms with Gasteiger partial charge in [0, 0.05) is 26.2 Å². The smallest absolute Gasteiger partial charge is 0.188 e. The van der Waals surface area contributed by atoms with Crippen molar-refractivity contribution in [2.75, 3.05) is 38.2 Å². The lowest BCUT2D eigenvalue weighted by atomic mass is 9.85. The van der Waals surface area contributed by atoms with Crippen molar-refractivity contribution in [2.24, 2.45) is 22.6 Å². The fourth-order valence-electron chi connectivity index (χ4n) is 3.32. The Labute approximate surface area is 138 Å². The second kappa shape index (κ2) is 7.57. The van der Waals surface area contributed by atoms with Gasteiger partial charge in [-0.2, -0.15) is 0 Å². The molecular weight excluding hydrogens is 288 g/mol. The molecule has 0 aromatic heterocycles. The van der Waals surface area contributed by atoms with Crippen LogP contribution in [-0.4, -0.2) is 39.2 Å². The molecule has 5 heteroatoms. The standard InChI is InChI=1S/C18H28N4O/c1-23-17-8-3-2-7-16(17)22-10-9-15(13-22)12-21-18(19)20-11-14-5-4-6-14/h2-3,7-8,14-15H,4-6,9-13H2,1H3,(H3,19,20,21). The van der Waals surface area contributed by atoms with Crippen LogP contribution in [0.15, 0.2) is 29.3 Å². The maximum absolute atomic E-state index is 5.98. The molecule has 1 heterocycles. The Morgan fingerprint density at radius 3 is 2.87 bits per heavy atom. The van der Waals surface area contributed by atoms with Crippen molar-refractivity contribution >= 4 is 11.6 Å². The predicted octanol–water partition coefficient (Wildman–Crippen LogP) is 2.23. The van der Waals surface area contributed by atoms with Crippen molar-refractivity contribution in [1.29, 1.82) is 0 Å². The molecule has 1 saturated carbocycles. The lowest BCUT2D eigenvalue weighted by Gasteiger charge is -2.25. The van der Waals surface area contributed by atoms with Crippen LogP contribution in [0.2, 0.25) is 0 Å². The summed E-state index contributed by atoms with van der Waals surface area (Å²) in [5.74, 6) is 2.91. The summed E-state index contributed by atoms with van der Waals surface area (Å²) in [6, 6.07) is 8.21. The first kappa shape index (κ1) is 16.0. The molecule has 0 bridgehead atoms. The number of aliphatic imine (C=N–C) groups is 1. The number of nitrogens with one attached hydrogen (secondary N) is 1. The van der Waals surface area contributed by atoms with Crippen LogP contribution in [0.4, 0.5) is 5.69 Å². The molecule has 3 rings (SSSR count). The normalized spacial score (nSPS) is 22.0. The van der Waals surface area contributed by atoms with Crippen LogP contribution in [0.3, 0.4) is 0 Å². The molecule has 2 aliphatic rings. The van der Waals surface area contributed by atoms with Crippen LogP contribution in [-0.2, 0) is 0 Å². The molecule has 1 aromatic carbocycles. The van der Waals surface area contributed by atoms with E-state index in [9.17, 15) is 0 Å². The minimum absolute atomic E-state index is 0.559. The molecule has 1 aliphatic heterocycles. The predicted molar refractivity (Wildman–Crippen MR) is 95.1 cm³/mol. The first-order chi connectivity index (χ1) is 11.3. The van der Waals surface area contributed by atoms with Crippen LogP contribution in [0.5, 0.6) is 5.75 Å². The van der Waals surface area contributed by atoms with Gasteiger partial charge in [0.2, 0.25) is 0 Å². The van der Waals surface area contributed by atoms with Gasteiger partial charge in [-0.3, -0.25) is 4.99 Å². The Hall–Kier alpha value is -1.91. The third-order valence-corrected chi connectivity index (χ3v) is 5.03. The zero-order valence-corrected chi connectivity index (χ0v) is 14.0. The molecule has 1 atom stereocenters. The highest BCUT2D eigenvalue weighted by Gasteiger charge is 2.24. The summed E-state index contributed by atoms with van der Waals surface area (Å²) in [6.07, 6.45) is 5.18. The van der Waals surface area contributed by atoms with E-state index in [2.05, 4.69) is 27.3 Å². The molecule has 126 valence electrons. The van der Waals surface area contributed by atoms with Gasteiger partial charge < -0.3 is 20.7 Å². The third-order valence-electron chi connectivity index (χ3n) is 5.03. The maximum atomic E-state index is 5.98. The van der Waals surface area contributed by atoms with Gasteiger partial charge in [0.05, 0.1) is 12.8 Å². The maximum Gasteiger partial charge on any atom is 0.188 e. The summed E-state index contributed by atoms with van der Waals surface area (Å²) in [6.45, 7) is 3.85. The average molecular weight is 316 g/mol. The molecule has 1 saturated heterocycles. The molecular formula is C18H28N4O. The van der Waals surface area contributed by atoms with E-state index < -0.39 is 0 Å². The molecule has 3 N–H and O–H groups in total. The first-order valence-electron chi connectivity index (χ1n) is 8.68. The topological polar surface area (TPSA) is 62.9 Å². The van der Waals surface area contributed by atoms with E-state index in [-0.39, 0.29) is 0 Å². The second-order valence-corrected chi connectivity index (χ2v) is 6.68. The van der Waals surface area contributed by atoms with Crippen LogP contribution < -0.4 is 20.7 Å². The van der Waals surface area contributed by atoms with Gasteiger partial charge >= 0.3 is 0 Å². The zero-order valence-electron chi connectivity index (χ0n) is 14.0. The molecule has 2 fully saturated rings. The van der Waals surface area contributed by atoms with Crippen LogP contribution in [0.25, 0.3) is 0 Å². The summed E-state index contributed by atoms with van der Waals surface area (Å²) in [7, 11) is 1.73.